The Balaban J connectivity index is 1.44. The van der Waals surface area contributed by atoms with Gasteiger partial charge in [-0.25, -0.2) is 4.98 Å². The number of fused-ring (bicyclic) bond motifs is 1. The lowest BCUT2D eigenvalue weighted by Gasteiger charge is -2.27. The Labute approximate surface area is 216 Å². The summed E-state index contributed by atoms with van der Waals surface area (Å²) in [5.74, 6) is 1.88. The molecule has 1 unspecified atom stereocenters. The van der Waals surface area contributed by atoms with Crippen molar-refractivity contribution in [2.75, 3.05) is 4.90 Å². The normalized spacial score (nSPS) is 16.6. The molecule has 0 radical (unpaired) electrons. The van der Waals surface area contributed by atoms with E-state index in [0.717, 1.165) is 28.8 Å². The molecule has 0 amide bonds. The lowest BCUT2D eigenvalue weighted by Crippen LogP contribution is -2.19. The molecule has 0 bridgehead atoms. The van der Waals surface area contributed by atoms with E-state index in [1.165, 1.54) is 60.2 Å². The van der Waals surface area contributed by atoms with Gasteiger partial charge in [0.2, 0.25) is 0 Å². The van der Waals surface area contributed by atoms with Crippen molar-refractivity contribution in [1.29, 1.82) is 0 Å². The van der Waals surface area contributed by atoms with E-state index in [4.69, 9.17) is 10.1 Å². The molecule has 0 spiro atoms. The Morgan fingerprint density at radius 2 is 1.76 bits per heavy atom. The van der Waals surface area contributed by atoms with Crippen molar-refractivity contribution in [3.8, 4) is 5.82 Å². The maximum atomic E-state index is 4.77. The van der Waals surface area contributed by atoms with Gasteiger partial charge in [0.15, 0.2) is 5.82 Å². The average Bonchev–Trinajstić information content (AvgIpc) is 3.51. The fraction of sp³-hybridized carbons (Fsp3) is 0.0606. The highest BCUT2D eigenvalue weighted by atomic mass is 15.2. The van der Waals surface area contributed by atoms with E-state index in [1.807, 2.05) is 18.5 Å². The van der Waals surface area contributed by atoms with Gasteiger partial charge in [-0.2, -0.15) is 5.10 Å². The Hall–Kier alpha value is -5.03. The first kappa shape index (κ1) is 19.1. The number of hydrogen-bond donors (Lipinski definition) is 0. The molecule has 3 aromatic heterocycles. The van der Waals surface area contributed by atoms with Gasteiger partial charge in [-0.15, -0.1) is 5.10 Å². The molecule has 5 nitrogen and oxygen atoms in total. The van der Waals surface area contributed by atoms with Gasteiger partial charge in [0.1, 0.15) is 5.82 Å². The number of hydrogen-bond acceptors (Lipinski definition) is 4. The molecule has 3 aliphatic rings. The standard InChI is InChI=1S/C33H19N5/c1-2-6-21-20(5-1)17-35-36-33(21)38-24-14-10-18-8-12-22-29-27(18)31(24)32-25(38)15-11-19-9-13-23(30(29)28(19)32)37(22)26-7-3-4-16-34-26/h1-10,12-17,22H,11H2. The second-order valence-corrected chi connectivity index (χ2v) is 10.5. The molecule has 4 heterocycles. The van der Waals surface area contributed by atoms with Crippen molar-refractivity contribution in [1.82, 2.24) is 19.7 Å². The maximum absolute atomic E-state index is 4.77. The van der Waals surface area contributed by atoms with Gasteiger partial charge in [-0.1, -0.05) is 60.7 Å². The van der Waals surface area contributed by atoms with Gasteiger partial charge in [0.25, 0.3) is 0 Å². The van der Waals surface area contributed by atoms with Gasteiger partial charge in [0, 0.05) is 33.1 Å². The molecular formula is C33H19N5. The van der Waals surface area contributed by atoms with Crippen LogP contribution in [-0.2, 0) is 6.42 Å². The van der Waals surface area contributed by atoms with Gasteiger partial charge in [-0.05, 0) is 58.1 Å². The molecule has 0 saturated carbocycles. The third-order valence-electron chi connectivity index (χ3n) is 8.73. The molecule has 4 aromatic carbocycles. The molecule has 1 atom stereocenters. The predicted molar refractivity (Wildman–Crippen MR) is 153 cm³/mol. The second-order valence-electron chi connectivity index (χ2n) is 10.5. The highest BCUT2D eigenvalue weighted by molar-refractivity contribution is 6.30. The molecule has 7 aromatic rings. The van der Waals surface area contributed by atoms with Crippen molar-refractivity contribution in [3.05, 3.63) is 107 Å². The molecule has 176 valence electrons. The summed E-state index contributed by atoms with van der Waals surface area (Å²) in [5, 5.41) is 19.4. The van der Waals surface area contributed by atoms with Crippen LogP contribution in [0.25, 0.3) is 61.2 Å². The molecule has 5 heteroatoms. The number of anilines is 2. The summed E-state index contributed by atoms with van der Waals surface area (Å²) in [6.45, 7) is 0. The molecule has 10 rings (SSSR count). The van der Waals surface area contributed by atoms with Crippen LogP contribution in [0.5, 0.6) is 0 Å². The van der Waals surface area contributed by atoms with Gasteiger partial charge < -0.3 is 4.90 Å². The van der Waals surface area contributed by atoms with Crippen molar-refractivity contribution in [3.63, 3.8) is 0 Å². The third-order valence-corrected chi connectivity index (χ3v) is 8.73. The minimum atomic E-state index is 0.118. The number of nitrogens with zero attached hydrogens (tertiary/aromatic N) is 5. The number of rotatable bonds is 2. The molecule has 0 saturated heterocycles. The van der Waals surface area contributed by atoms with Crippen molar-refractivity contribution < 1.29 is 0 Å². The van der Waals surface area contributed by atoms with Crippen LogP contribution >= 0.6 is 0 Å². The Kier molecular flexibility index (Phi) is 3.25. The summed E-state index contributed by atoms with van der Waals surface area (Å²) in [6, 6.07) is 23.9. The summed E-state index contributed by atoms with van der Waals surface area (Å²) in [6.07, 6.45) is 11.7. The minimum Gasteiger partial charge on any atom is -0.315 e. The van der Waals surface area contributed by atoms with Crippen LogP contribution in [0, 0.1) is 0 Å². The van der Waals surface area contributed by atoms with E-state index in [0.29, 0.717) is 0 Å². The Morgan fingerprint density at radius 3 is 2.71 bits per heavy atom. The Bertz CT molecular complexity index is 2270. The Morgan fingerprint density at radius 1 is 0.816 bits per heavy atom. The maximum Gasteiger partial charge on any atom is 0.168 e. The highest BCUT2D eigenvalue weighted by Crippen LogP contribution is 2.56. The molecule has 0 N–H and O–H groups in total. The summed E-state index contributed by atoms with van der Waals surface area (Å²) in [7, 11) is 0. The first-order valence-corrected chi connectivity index (χ1v) is 13.1. The number of aromatic nitrogens is 4. The summed E-state index contributed by atoms with van der Waals surface area (Å²) >= 11 is 0. The largest absolute Gasteiger partial charge is 0.315 e. The monoisotopic (exact) mass is 485 g/mol. The second kappa shape index (κ2) is 6.45. The van der Waals surface area contributed by atoms with Gasteiger partial charge in [0.05, 0.1) is 28.8 Å². The first-order valence-electron chi connectivity index (χ1n) is 13.1. The zero-order valence-corrected chi connectivity index (χ0v) is 20.3. The molecule has 2 aliphatic carbocycles. The van der Waals surface area contributed by atoms with Crippen LogP contribution in [0.3, 0.4) is 0 Å². The third kappa shape index (κ3) is 2.07. The van der Waals surface area contributed by atoms with Crippen molar-refractivity contribution >= 4 is 66.9 Å². The van der Waals surface area contributed by atoms with E-state index in [9.17, 15) is 0 Å². The topological polar surface area (TPSA) is 46.8 Å². The van der Waals surface area contributed by atoms with Crippen LogP contribution < -0.4 is 10.2 Å². The quantitative estimate of drug-likeness (QED) is 0.261. The predicted octanol–water partition coefficient (Wildman–Crippen LogP) is 6.55. The molecule has 0 fully saturated rings. The van der Waals surface area contributed by atoms with Crippen LogP contribution in [0.4, 0.5) is 11.5 Å². The fourth-order valence-electron chi connectivity index (χ4n) is 7.31. The number of benzene rings is 4. The van der Waals surface area contributed by atoms with Crippen LogP contribution in [0.15, 0.2) is 85.2 Å². The van der Waals surface area contributed by atoms with E-state index in [1.54, 1.807) is 0 Å². The van der Waals surface area contributed by atoms with Crippen LogP contribution in [0.2, 0.25) is 0 Å². The fourth-order valence-corrected chi connectivity index (χ4v) is 7.31. The first-order chi connectivity index (χ1) is 18.9. The smallest absolute Gasteiger partial charge is 0.168 e. The summed E-state index contributed by atoms with van der Waals surface area (Å²) in [4.78, 5) is 7.19. The summed E-state index contributed by atoms with van der Waals surface area (Å²) in [5.41, 5.74) is 6.51. The lowest BCUT2D eigenvalue weighted by molar-refractivity contribution is 0.877. The highest BCUT2D eigenvalue weighted by Gasteiger charge is 2.38. The van der Waals surface area contributed by atoms with E-state index < -0.39 is 0 Å². The van der Waals surface area contributed by atoms with Crippen molar-refractivity contribution in [2.24, 2.45) is 0 Å². The van der Waals surface area contributed by atoms with E-state index in [2.05, 4.69) is 93.5 Å². The SMILES string of the molecule is C1=CC2c3c4c(ccc5c4c4c(n(-c6nncc7ccccc67)c6ccc1c3c46)=CC5)N2c1ccccn1. The molecule has 38 heavy (non-hydrogen) atoms. The van der Waals surface area contributed by atoms with Gasteiger partial charge in [-0.3, -0.25) is 4.57 Å². The van der Waals surface area contributed by atoms with Crippen LogP contribution in [-0.4, -0.2) is 19.7 Å². The van der Waals surface area contributed by atoms with Crippen molar-refractivity contribution in [2.45, 2.75) is 12.5 Å². The molecular weight excluding hydrogens is 466 g/mol. The van der Waals surface area contributed by atoms with Gasteiger partial charge >= 0.3 is 0 Å². The summed E-state index contributed by atoms with van der Waals surface area (Å²) < 4.78 is 2.36. The number of pyridine rings is 1. The zero-order valence-electron chi connectivity index (χ0n) is 20.3. The van der Waals surface area contributed by atoms with Crippen LogP contribution in [0.1, 0.15) is 22.7 Å². The lowest BCUT2D eigenvalue weighted by atomic mass is 9.83. The molecule has 1 aliphatic heterocycles. The zero-order chi connectivity index (χ0) is 24.5. The average molecular weight is 486 g/mol. The minimum absolute atomic E-state index is 0.118. The van der Waals surface area contributed by atoms with E-state index in [-0.39, 0.29) is 6.04 Å². The van der Waals surface area contributed by atoms with E-state index >= 15 is 0 Å².